The van der Waals surface area contributed by atoms with E-state index in [-0.39, 0.29) is 0 Å². The molecule has 0 aromatic heterocycles. The van der Waals surface area contributed by atoms with Crippen molar-refractivity contribution < 1.29 is 9.47 Å². The second-order valence-corrected chi connectivity index (χ2v) is 5.67. The lowest BCUT2D eigenvalue weighted by atomic mass is 9.76. The van der Waals surface area contributed by atoms with Crippen LogP contribution in [0.3, 0.4) is 0 Å². The molecule has 2 aliphatic rings. The van der Waals surface area contributed by atoms with Crippen LogP contribution in [-0.2, 0) is 0 Å². The highest BCUT2D eigenvalue weighted by atomic mass is 16.7. The number of hydrogen-bond acceptors (Lipinski definition) is 3. The number of ether oxygens (including phenoxy) is 2. The first-order chi connectivity index (χ1) is 9.38. The minimum atomic E-state index is 0.360. The molecule has 1 aliphatic carbocycles. The lowest BCUT2D eigenvalue weighted by molar-refractivity contribution is 0.174. The van der Waals surface area contributed by atoms with Gasteiger partial charge in [0.15, 0.2) is 11.5 Å². The SMILES string of the molecule is CNCC(c1ccc2c(c1)OCO2)C1CCCCC1. The fourth-order valence-corrected chi connectivity index (χ4v) is 3.46. The quantitative estimate of drug-likeness (QED) is 0.902. The van der Waals surface area contributed by atoms with Crippen molar-refractivity contribution in [3.05, 3.63) is 23.8 Å². The zero-order valence-electron chi connectivity index (χ0n) is 11.7. The van der Waals surface area contributed by atoms with Crippen LogP contribution in [0, 0.1) is 5.92 Å². The normalized spacial score (nSPS) is 20.5. The monoisotopic (exact) mass is 261 g/mol. The zero-order chi connectivity index (χ0) is 13.1. The molecule has 0 saturated heterocycles. The van der Waals surface area contributed by atoms with Crippen molar-refractivity contribution in [1.29, 1.82) is 0 Å². The Morgan fingerprint density at radius 3 is 2.74 bits per heavy atom. The van der Waals surface area contributed by atoms with Crippen molar-refractivity contribution >= 4 is 0 Å². The minimum Gasteiger partial charge on any atom is -0.454 e. The molecule has 1 aliphatic heterocycles. The molecule has 3 nitrogen and oxygen atoms in total. The van der Waals surface area contributed by atoms with Crippen molar-refractivity contribution in [3.8, 4) is 11.5 Å². The molecular weight excluding hydrogens is 238 g/mol. The zero-order valence-corrected chi connectivity index (χ0v) is 11.7. The summed E-state index contributed by atoms with van der Waals surface area (Å²) in [5, 5.41) is 3.36. The lowest BCUT2D eigenvalue weighted by Gasteiger charge is -2.30. The molecule has 1 unspecified atom stereocenters. The largest absolute Gasteiger partial charge is 0.454 e. The number of fused-ring (bicyclic) bond motifs is 1. The highest BCUT2D eigenvalue weighted by Crippen LogP contribution is 2.40. The molecule has 1 atom stereocenters. The molecule has 1 aromatic carbocycles. The molecule has 1 N–H and O–H groups in total. The summed E-state index contributed by atoms with van der Waals surface area (Å²) in [6, 6.07) is 6.45. The van der Waals surface area contributed by atoms with E-state index in [1.165, 1.54) is 37.7 Å². The van der Waals surface area contributed by atoms with Gasteiger partial charge in [-0.15, -0.1) is 0 Å². The van der Waals surface area contributed by atoms with E-state index in [0.717, 1.165) is 24.0 Å². The second-order valence-electron chi connectivity index (χ2n) is 5.67. The summed E-state index contributed by atoms with van der Waals surface area (Å²) < 4.78 is 10.9. The topological polar surface area (TPSA) is 30.5 Å². The summed E-state index contributed by atoms with van der Waals surface area (Å²) in [6.07, 6.45) is 6.90. The molecule has 0 amide bonds. The van der Waals surface area contributed by atoms with Crippen LogP contribution < -0.4 is 14.8 Å². The van der Waals surface area contributed by atoms with Crippen LogP contribution in [0.1, 0.15) is 43.6 Å². The Morgan fingerprint density at radius 2 is 1.95 bits per heavy atom. The summed E-state index contributed by atoms with van der Waals surface area (Å²) >= 11 is 0. The minimum absolute atomic E-state index is 0.360. The first-order valence-corrected chi connectivity index (χ1v) is 7.42. The van der Waals surface area contributed by atoms with E-state index < -0.39 is 0 Å². The first kappa shape index (κ1) is 12.8. The standard InChI is InChI=1S/C16H23NO2/c1-17-10-14(12-5-3-2-4-6-12)13-7-8-15-16(9-13)19-11-18-15/h7-9,12,14,17H,2-6,10-11H2,1H3. The van der Waals surface area contributed by atoms with Crippen LogP contribution in [0.2, 0.25) is 0 Å². The molecule has 19 heavy (non-hydrogen) atoms. The summed E-state index contributed by atoms with van der Waals surface area (Å²) in [5.74, 6) is 3.20. The van der Waals surface area contributed by atoms with Crippen LogP contribution in [0.5, 0.6) is 11.5 Å². The third kappa shape index (κ3) is 2.71. The summed E-state index contributed by atoms with van der Waals surface area (Å²) in [4.78, 5) is 0. The molecule has 3 heteroatoms. The number of hydrogen-bond donors (Lipinski definition) is 1. The van der Waals surface area contributed by atoms with Crippen molar-refractivity contribution in [2.75, 3.05) is 20.4 Å². The van der Waals surface area contributed by atoms with E-state index in [4.69, 9.17) is 9.47 Å². The Labute approximate surface area is 115 Å². The fraction of sp³-hybridized carbons (Fsp3) is 0.625. The molecule has 3 rings (SSSR count). The van der Waals surface area contributed by atoms with Gasteiger partial charge in [-0.25, -0.2) is 0 Å². The number of likely N-dealkylation sites (N-methyl/N-ethyl adjacent to an activating group) is 1. The van der Waals surface area contributed by atoms with Gasteiger partial charge >= 0.3 is 0 Å². The van der Waals surface area contributed by atoms with Crippen LogP contribution in [0.25, 0.3) is 0 Å². The van der Waals surface area contributed by atoms with Crippen LogP contribution in [-0.4, -0.2) is 20.4 Å². The first-order valence-electron chi connectivity index (χ1n) is 7.42. The summed E-state index contributed by atoms with van der Waals surface area (Å²) in [7, 11) is 2.04. The maximum atomic E-state index is 5.51. The molecule has 104 valence electrons. The van der Waals surface area contributed by atoms with Gasteiger partial charge in [-0.1, -0.05) is 25.3 Å². The Hall–Kier alpha value is -1.22. The second kappa shape index (κ2) is 5.83. The smallest absolute Gasteiger partial charge is 0.231 e. The third-order valence-corrected chi connectivity index (χ3v) is 4.47. The van der Waals surface area contributed by atoms with Gasteiger partial charge in [0.05, 0.1) is 0 Å². The van der Waals surface area contributed by atoms with E-state index in [1.807, 2.05) is 7.05 Å². The van der Waals surface area contributed by atoms with Crippen molar-refractivity contribution in [2.24, 2.45) is 5.92 Å². The van der Waals surface area contributed by atoms with Gasteiger partial charge in [-0.05, 0) is 49.4 Å². The Kier molecular flexibility index (Phi) is 3.92. The van der Waals surface area contributed by atoms with E-state index in [1.54, 1.807) is 0 Å². The molecular formula is C16H23NO2. The van der Waals surface area contributed by atoms with E-state index in [9.17, 15) is 0 Å². The van der Waals surface area contributed by atoms with E-state index >= 15 is 0 Å². The van der Waals surface area contributed by atoms with Gasteiger partial charge < -0.3 is 14.8 Å². The van der Waals surface area contributed by atoms with Crippen LogP contribution in [0.4, 0.5) is 0 Å². The van der Waals surface area contributed by atoms with E-state index in [0.29, 0.717) is 12.7 Å². The molecule has 1 heterocycles. The van der Waals surface area contributed by atoms with E-state index in [2.05, 4.69) is 23.5 Å². The van der Waals surface area contributed by atoms with Gasteiger partial charge in [-0.3, -0.25) is 0 Å². The Bertz CT molecular complexity index is 427. The van der Waals surface area contributed by atoms with Gasteiger partial charge in [0.1, 0.15) is 0 Å². The van der Waals surface area contributed by atoms with Gasteiger partial charge in [0.25, 0.3) is 0 Å². The fourth-order valence-electron chi connectivity index (χ4n) is 3.46. The average Bonchev–Trinajstić information content (AvgIpc) is 2.93. The van der Waals surface area contributed by atoms with Crippen molar-refractivity contribution in [1.82, 2.24) is 5.32 Å². The maximum absolute atomic E-state index is 5.51. The Balaban J connectivity index is 1.82. The third-order valence-electron chi connectivity index (χ3n) is 4.47. The molecule has 0 radical (unpaired) electrons. The van der Waals surface area contributed by atoms with Gasteiger partial charge in [0, 0.05) is 6.54 Å². The number of rotatable bonds is 4. The lowest BCUT2D eigenvalue weighted by Crippen LogP contribution is -2.25. The highest BCUT2D eigenvalue weighted by molar-refractivity contribution is 5.45. The van der Waals surface area contributed by atoms with Gasteiger partial charge in [-0.2, -0.15) is 0 Å². The van der Waals surface area contributed by atoms with Crippen molar-refractivity contribution in [2.45, 2.75) is 38.0 Å². The summed E-state index contributed by atoms with van der Waals surface area (Å²) in [5.41, 5.74) is 1.39. The molecule has 1 saturated carbocycles. The molecule has 0 spiro atoms. The van der Waals surface area contributed by atoms with Gasteiger partial charge in [0.2, 0.25) is 6.79 Å². The average molecular weight is 261 g/mol. The van der Waals surface area contributed by atoms with Crippen LogP contribution >= 0.6 is 0 Å². The van der Waals surface area contributed by atoms with Crippen molar-refractivity contribution in [3.63, 3.8) is 0 Å². The summed E-state index contributed by atoms with van der Waals surface area (Å²) in [6.45, 7) is 1.41. The highest BCUT2D eigenvalue weighted by Gasteiger charge is 2.26. The van der Waals surface area contributed by atoms with Crippen LogP contribution in [0.15, 0.2) is 18.2 Å². The molecule has 1 fully saturated rings. The maximum Gasteiger partial charge on any atom is 0.231 e. The molecule has 1 aromatic rings. The predicted octanol–water partition coefficient (Wildman–Crippen LogP) is 3.30. The number of nitrogens with one attached hydrogen (secondary N) is 1. The Morgan fingerprint density at radius 1 is 1.16 bits per heavy atom. The number of benzene rings is 1. The molecule has 0 bridgehead atoms. The predicted molar refractivity (Wildman–Crippen MR) is 75.8 cm³/mol.